The Kier molecular flexibility index (Phi) is 2.41. The van der Waals surface area contributed by atoms with Gasteiger partial charge in [0.15, 0.2) is 0 Å². The molecule has 0 radical (unpaired) electrons. The zero-order chi connectivity index (χ0) is 9.97. The molecule has 2 nitrogen and oxygen atoms in total. The fourth-order valence-electron chi connectivity index (χ4n) is 1.16. The lowest BCUT2D eigenvalue weighted by atomic mass is 10.1. The number of pyridine rings is 2. The van der Waals surface area contributed by atoms with Gasteiger partial charge in [-0.2, -0.15) is 4.39 Å². The summed E-state index contributed by atoms with van der Waals surface area (Å²) in [5.41, 5.74) is 1.56. The van der Waals surface area contributed by atoms with Gasteiger partial charge < -0.3 is 0 Å². The number of nitrogens with zero attached hydrogens (tertiary/aromatic N) is 2. The average Bonchev–Trinajstić information content (AvgIpc) is 2.18. The lowest BCUT2D eigenvalue weighted by Crippen LogP contribution is -1.84. The van der Waals surface area contributed by atoms with E-state index in [0.29, 0.717) is 5.15 Å². The molecular formula is C10H6ClFN2. The Hall–Kier alpha value is -1.48. The lowest BCUT2D eigenvalue weighted by Gasteiger charge is -2.00. The van der Waals surface area contributed by atoms with Crippen molar-refractivity contribution in [3.63, 3.8) is 0 Å². The van der Waals surface area contributed by atoms with Crippen LogP contribution in [0.15, 0.2) is 36.7 Å². The van der Waals surface area contributed by atoms with Gasteiger partial charge in [0.25, 0.3) is 0 Å². The minimum atomic E-state index is -0.504. The average molecular weight is 209 g/mol. The molecule has 0 fully saturated rings. The van der Waals surface area contributed by atoms with Crippen LogP contribution in [-0.2, 0) is 0 Å². The third-order valence-electron chi connectivity index (χ3n) is 1.79. The monoisotopic (exact) mass is 208 g/mol. The molecule has 2 aromatic heterocycles. The summed E-state index contributed by atoms with van der Waals surface area (Å²) >= 11 is 5.71. The zero-order valence-corrected chi connectivity index (χ0v) is 7.87. The third kappa shape index (κ3) is 1.88. The van der Waals surface area contributed by atoms with Gasteiger partial charge in [0.05, 0.1) is 0 Å². The van der Waals surface area contributed by atoms with Gasteiger partial charge in [-0.3, -0.25) is 0 Å². The van der Waals surface area contributed by atoms with Crippen molar-refractivity contribution in [3.05, 3.63) is 47.8 Å². The van der Waals surface area contributed by atoms with Crippen LogP contribution in [0.3, 0.4) is 0 Å². The molecule has 0 aromatic carbocycles. The largest absolute Gasteiger partial charge is 0.245 e. The van der Waals surface area contributed by atoms with Crippen LogP contribution in [0.25, 0.3) is 11.1 Å². The summed E-state index contributed by atoms with van der Waals surface area (Å²) in [5.74, 6) is -0.504. The number of aromatic nitrogens is 2. The second-order valence-corrected chi connectivity index (χ2v) is 3.12. The summed E-state index contributed by atoms with van der Waals surface area (Å²) < 4.78 is 12.8. The highest BCUT2D eigenvalue weighted by molar-refractivity contribution is 6.29. The van der Waals surface area contributed by atoms with Gasteiger partial charge in [-0.1, -0.05) is 11.6 Å². The Balaban J connectivity index is 2.49. The summed E-state index contributed by atoms with van der Waals surface area (Å²) in [5, 5.41) is 0.389. The fraction of sp³-hybridized carbons (Fsp3) is 0. The molecule has 2 heterocycles. The molecule has 2 aromatic rings. The van der Waals surface area contributed by atoms with Crippen molar-refractivity contribution in [2.75, 3.05) is 0 Å². The molecule has 4 heteroatoms. The van der Waals surface area contributed by atoms with Crippen molar-refractivity contribution in [2.45, 2.75) is 0 Å². The first kappa shape index (κ1) is 9.09. The fourth-order valence-corrected chi connectivity index (χ4v) is 1.34. The van der Waals surface area contributed by atoms with Gasteiger partial charge in [0.2, 0.25) is 5.95 Å². The molecule has 0 N–H and O–H groups in total. The number of rotatable bonds is 1. The van der Waals surface area contributed by atoms with E-state index < -0.39 is 5.95 Å². The smallest absolute Gasteiger partial charge is 0.213 e. The summed E-state index contributed by atoms with van der Waals surface area (Å²) in [6.07, 6.45) is 3.00. The van der Waals surface area contributed by atoms with Gasteiger partial charge in [-0.25, -0.2) is 9.97 Å². The van der Waals surface area contributed by atoms with Crippen molar-refractivity contribution < 1.29 is 4.39 Å². The molecule has 0 amide bonds. The van der Waals surface area contributed by atoms with Gasteiger partial charge >= 0.3 is 0 Å². The molecule has 0 aliphatic carbocycles. The minimum absolute atomic E-state index is 0.389. The quantitative estimate of drug-likeness (QED) is 0.674. The molecule has 0 aliphatic heterocycles. The molecule has 0 unspecified atom stereocenters. The van der Waals surface area contributed by atoms with Gasteiger partial charge in [0.1, 0.15) is 5.15 Å². The molecule has 70 valence electrons. The Morgan fingerprint density at radius 1 is 1.00 bits per heavy atom. The predicted octanol–water partition coefficient (Wildman–Crippen LogP) is 2.94. The third-order valence-corrected chi connectivity index (χ3v) is 1.99. The van der Waals surface area contributed by atoms with E-state index in [2.05, 4.69) is 9.97 Å². The molecule has 0 saturated carbocycles. The van der Waals surface area contributed by atoms with Crippen molar-refractivity contribution >= 4 is 11.6 Å². The molecule has 0 aliphatic rings. The maximum Gasteiger partial charge on any atom is 0.213 e. The summed E-state index contributed by atoms with van der Waals surface area (Å²) in [4.78, 5) is 7.32. The van der Waals surface area contributed by atoms with E-state index in [4.69, 9.17) is 11.6 Å². The first-order valence-electron chi connectivity index (χ1n) is 3.99. The zero-order valence-electron chi connectivity index (χ0n) is 7.11. The first-order chi connectivity index (χ1) is 6.75. The maximum absolute atomic E-state index is 12.8. The molecule has 2 rings (SSSR count). The highest BCUT2D eigenvalue weighted by atomic mass is 35.5. The number of halogens is 2. The second kappa shape index (κ2) is 3.72. The van der Waals surface area contributed by atoms with Crippen LogP contribution in [0.4, 0.5) is 4.39 Å². The standard InChI is InChI=1S/C10H6ClFN2/c11-9-5-7(1-3-13-9)8-2-4-14-10(12)6-8/h1-6H. The van der Waals surface area contributed by atoms with Crippen molar-refractivity contribution in [1.82, 2.24) is 9.97 Å². The van der Waals surface area contributed by atoms with Crippen molar-refractivity contribution in [1.29, 1.82) is 0 Å². The van der Waals surface area contributed by atoms with Crippen LogP contribution >= 0.6 is 11.6 Å². The van der Waals surface area contributed by atoms with Crippen LogP contribution in [-0.4, -0.2) is 9.97 Å². The van der Waals surface area contributed by atoms with E-state index in [-0.39, 0.29) is 0 Å². The minimum Gasteiger partial charge on any atom is -0.245 e. The van der Waals surface area contributed by atoms with E-state index in [1.807, 2.05) is 0 Å². The summed E-state index contributed by atoms with van der Waals surface area (Å²) in [7, 11) is 0. The lowest BCUT2D eigenvalue weighted by molar-refractivity contribution is 0.584. The van der Waals surface area contributed by atoms with E-state index in [9.17, 15) is 4.39 Å². The molecular weight excluding hydrogens is 203 g/mol. The van der Waals surface area contributed by atoms with Crippen LogP contribution in [0.2, 0.25) is 5.15 Å². The normalized spacial score (nSPS) is 10.1. The summed E-state index contributed by atoms with van der Waals surface area (Å²) in [6, 6.07) is 6.51. The second-order valence-electron chi connectivity index (χ2n) is 2.73. The Bertz CT molecular complexity index is 416. The highest BCUT2D eigenvalue weighted by Crippen LogP contribution is 2.20. The number of hydrogen-bond acceptors (Lipinski definition) is 2. The molecule has 0 bridgehead atoms. The maximum atomic E-state index is 12.8. The van der Waals surface area contributed by atoms with Gasteiger partial charge in [-0.15, -0.1) is 0 Å². The van der Waals surface area contributed by atoms with Gasteiger partial charge in [0, 0.05) is 18.5 Å². The summed E-state index contributed by atoms with van der Waals surface area (Å²) in [6.45, 7) is 0. The topological polar surface area (TPSA) is 25.8 Å². The Morgan fingerprint density at radius 2 is 1.64 bits per heavy atom. The number of hydrogen-bond donors (Lipinski definition) is 0. The van der Waals surface area contributed by atoms with Crippen LogP contribution < -0.4 is 0 Å². The van der Waals surface area contributed by atoms with E-state index in [1.165, 1.54) is 12.3 Å². The van der Waals surface area contributed by atoms with Crippen LogP contribution in [0, 0.1) is 5.95 Å². The van der Waals surface area contributed by atoms with Crippen LogP contribution in [0.1, 0.15) is 0 Å². The predicted molar refractivity (Wildman–Crippen MR) is 52.4 cm³/mol. The molecule has 0 atom stereocenters. The van der Waals surface area contributed by atoms with Crippen molar-refractivity contribution in [2.24, 2.45) is 0 Å². The van der Waals surface area contributed by atoms with E-state index in [0.717, 1.165) is 11.1 Å². The first-order valence-corrected chi connectivity index (χ1v) is 4.37. The Morgan fingerprint density at radius 3 is 2.29 bits per heavy atom. The highest BCUT2D eigenvalue weighted by Gasteiger charge is 2.00. The Labute approximate surface area is 85.4 Å². The van der Waals surface area contributed by atoms with E-state index >= 15 is 0 Å². The van der Waals surface area contributed by atoms with Crippen LogP contribution in [0.5, 0.6) is 0 Å². The SMILES string of the molecule is Fc1cc(-c2ccnc(Cl)c2)ccn1. The molecule has 14 heavy (non-hydrogen) atoms. The molecule has 0 saturated heterocycles. The van der Waals surface area contributed by atoms with Gasteiger partial charge in [-0.05, 0) is 29.3 Å². The van der Waals surface area contributed by atoms with E-state index in [1.54, 1.807) is 24.4 Å². The van der Waals surface area contributed by atoms with Crippen molar-refractivity contribution in [3.8, 4) is 11.1 Å². The molecule has 0 spiro atoms.